The first-order valence-corrected chi connectivity index (χ1v) is 7.06. The second-order valence-electron chi connectivity index (χ2n) is 5.22. The van der Waals surface area contributed by atoms with E-state index in [0.717, 1.165) is 38.3 Å². The third-order valence-corrected chi connectivity index (χ3v) is 3.83. The fourth-order valence-corrected chi connectivity index (χ4v) is 2.73. The first-order chi connectivity index (χ1) is 9.63. The monoisotopic (exact) mass is 278 g/mol. The quantitative estimate of drug-likeness (QED) is 0.652. The molecule has 0 aliphatic carbocycles. The fraction of sp³-hybridized carbons (Fsp3) is 0.571. The number of rotatable bonds is 5. The van der Waals surface area contributed by atoms with Gasteiger partial charge in [0.1, 0.15) is 5.69 Å². The minimum absolute atomic E-state index is 0.190. The molecule has 1 saturated heterocycles. The summed E-state index contributed by atoms with van der Waals surface area (Å²) in [5, 5.41) is 11.1. The lowest BCUT2D eigenvalue weighted by Crippen LogP contribution is -2.52. The van der Waals surface area contributed by atoms with Gasteiger partial charge in [-0.15, -0.1) is 0 Å². The van der Waals surface area contributed by atoms with Crippen molar-refractivity contribution >= 4 is 11.4 Å². The van der Waals surface area contributed by atoms with Gasteiger partial charge in [0, 0.05) is 31.7 Å². The molecule has 0 bridgehead atoms. The van der Waals surface area contributed by atoms with Crippen molar-refractivity contribution in [1.82, 2.24) is 4.90 Å². The van der Waals surface area contributed by atoms with Crippen molar-refractivity contribution in [2.75, 3.05) is 37.6 Å². The maximum Gasteiger partial charge on any atom is 0.292 e. The summed E-state index contributed by atoms with van der Waals surface area (Å²) in [5.74, 6) is 0. The average molecular weight is 278 g/mol. The molecule has 0 spiro atoms. The van der Waals surface area contributed by atoms with E-state index in [2.05, 4.69) is 16.7 Å². The van der Waals surface area contributed by atoms with Crippen LogP contribution in [0.1, 0.15) is 13.3 Å². The van der Waals surface area contributed by atoms with Gasteiger partial charge in [-0.1, -0.05) is 12.1 Å². The smallest absolute Gasteiger partial charge is 0.292 e. The number of benzene rings is 1. The van der Waals surface area contributed by atoms with Crippen LogP contribution in [-0.4, -0.2) is 48.6 Å². The minimum atomic E-state index is -0.305. The first-order valence-electron chi connectivity index (χ1n) is 7.06. The van der Waals surface area contributed by atoms with Gasteiger partial charge in [0.2, 0.25) is 0 Å². The normalized spacial score (nSPS) is 20.1. The fourth-order valence-electron chi connectivity index (χ4n) is 2.73. The zero-order valence-electron chi connectivity index (χ0n) is 11.9. The van der Waals surface area contributed by atoms with Crippen LogP contribution in [0.25, 0.3) is 0 Å². The van der Waals surface area contributed by atoms with Crippen molar-refractivity contribution in [3.8, 4) is 0 Å². The molecule has 1 aromatic rings. The van der Waals surface area contributed by atoms with E-state index in [1.54, 1.807) is 12.1 Å². The number of nitrogens with two attached hydrogens (primary N) is 1. The lowest BCUT2D eigenvalue weighted by Gasteiger charge is -2.40. The number of nitro benzene ring substituents is 1. The van der Waals surface area contributed by atoms with Crippen LogP contribution < -0.4 is 10.6 Å². The summed E-state index contributed by atoms with van der Waals surface area (Å²) in [6, 6.07) is 7.35. The van der Waals surface area contributed by atoms with Crippen molar-refractivity contribution in [2.45, 2.75) is 19.4 Å². The highest BCUT2D eigenvalue weighted by Crippen LogP contribution is 2.29. The Morgan fingerprint density at radius 3 is 2.80 bits per heavy atom. The van der Waals surface area contributed by atoms with Crippen LogP contribution in [0.4, 0.5) is 11.4 Å². The van der Waals surface area contributed by atoms with E-state index in [1.165, 1.54) is 0 Å². The van der Waals surface area contributed by atoms with E-state index in [-0.39, 0.29) is 10.6 Å². The predicted octanol–water partition coefficient (Wildman–Crippen LogP) is 1.45. The molecule has 1 atom stereocenters. The zero-order valence-corrected chi connectivity index (χ0v) is 11.9. The molecule has 110 valence electrons. The Bertz CT molecular complexity index is 466. The molecule has 1 heterocycles. The summed E-state index contributed by atoms with van der Waals surface area (Å²) in [6.07, 6.45) is 0.996. The lowest BCUT2D eigenvalue weighted by atomic mass is 10.1. The Labute approximate surface area is 119 Å². The summed E-state index contributed by atoms with van der Waals surface area (Å²) in [4.78, 5) is 15.3. The summed E-state index contributed by atoms with van der Waals surface area (Å²) >= 11 is 0. The number of nitrogens with zero attached hydrogens (tertiary/aromatic N) is 3. The van der Waals surface area contributed by atoms with Gasteiger partial charge in [-0.25, -0.2) is 0 Å². The summed E-state index contributed by atoms with van der Waals surface area (Å²) < 4.78 is 0. The Balaban J connectivity index is 2.08. The molecule has 0 saturated carbocycles. The zero-order chi connectivity index (χ0) is 14.5. The number of anilines is 1. The van der Waals surface area contributed by atoms with E-state index in [0.29, 0.717) is 12.6 Å². The lowest BCUT2D eigenvalue weighted by molar-refractivity contribution is -0.384. The highest BCUT2D eigenvalue weighted by Gasteiger charge is 2.26. The molecular weight excluding hydrogens is 256 g/mol. The van der Waals surface area contributed by atoms with E-state index in [1.807, 2.05) is 12.1 Å². The molecule has 1 unspecified atom stereocenters. The third-order valence-electron chi connectivity index (χ3n) is 3.83. The van der Waals surface area contributed by atoms with Gasteiger partial charge in [-0.3, -0.25) is 15.0 Å². The van der Waals surface area contributed by atoms with Crippen molar-refractivity contribution in [1.29, 1.82) is 0 Å². The second kappa shape index (κ2) is 6.67. The van der Waals surface area contributed by atoms with Crippen LogP contribution in [0.15, 0.2) is 24.3 Å². The molecule has 1 aromatic carbocycles. The molecule has 0 amide bonds. The Morgan fingerprint density at radius 1 is 1.40 bits per heavy atom. The van der Waals surface area contributed by atoms with Crippen LogP contribution >= 0.6 is 0 Å². The van der Waals surface area contributed by atoms with Gasteiger partial charge in [-0.2, -0.15) is 0 Å². The molecule has 20 heavy (non-hydrogen) atoms. The SMILES string of the molecule is CC1CN(c2ccccc2[N+](=O)[O-])CCN1CCCN. The Hall–Kier alpha value is -1.66. The molecule has 0 aromatic heterocycles. The van der Waals surface area contributed by atoms with E-state index in [4.69, 9.17) is 5.73 Å². The first kappa shape index (κ1) is 14.7. The number of hydrogen-bond donors (Lipinski definition) is 1. The maximum absolute atomic E-state index is 11.1. The van der Waals surface area contributed by atoms with E-state index < -0.39 is 0 Å². The number of hydrogen-bond acceptors (Lipinski definition) is 5. The van der Waals surface area contributed by atoms with Gasteiger partial charge in [-0.05, 0) is 32.5 Å². The third kappa shape index (κ3) is 3.26. The van der Waals surface area contributed by atoms with Crippen molar-refractivity contribution in [3.05, 3.63) is 34.4 Å². The van der Waals surface area contributed by atoms with Crippen molar-refractivity contribution in [3.63, 3.8) is 0 Å². The molecule has 2 rings (SSSR count). The number of nitro groups is 1. The highest BCUT2D eigenvalue weighted by molar-refractivity contribution is 5.63. The summed E-state index contributed by atoms with van der Waals surface area (Å²) in [5.41, 5.74) is 6.47. The van der Waals surface area contributed by atoms with Crippen LogP contribution in [0.2, 0.25) is 0 Å². The molecule has 6 heteroatoms. The number of piperazine rings is 1. The van der Waals surface area contributed by atoms with Gasteiger partial charge >= 0.3 is 0 Å². The summed E-state index contributed by atoms with van der Waals surface area (Å²) in [6.45, 7) is 6.43. The van der Waals surface area contributed by atoms with Gasteiger partial charge in [0.15, 0.2) is 0 Å². The molecule has 1 aliphatic heterocycles. The number of para-hydroxylation sites is 2. The van der Waals surface area contributed by atoms with Crippen molar-refractivity contribution in [2.24, 2.45) is 5.73 Å². The van der Waals surface area contributed by atoms with E-state index in [9.17, 15) is 10.1 Å². The van der Waals surface area contributed by atoms with Crippen LogP contribution in [0.3, 0.4) is 0 Å². The van der Waals surface area contributed by atoms with Gasteiger partial charge in [0.25, 0.3) is 5.69 Å². The molecule has 2 N–H and O–H groups in total. The standard InChI is InChI=1S/C14H22N4O2/c1-12-11-17(10-9-16(12)8-4-7-15)13-5-2-3-6-14(13)18(19)20/h2-3,5-6,12H,4,7-11,15H2,1H3. The summed E-state index contributed by atoms with van der Waals surface area (Å²) in [7, 11) is 0. The molecular formula is C14H22N4O2. The minimum Gasteiger partial charge on any atom is -0.363 e. The Kier molecular flexibility index (Phi) is 4.92. The highest BCUT2D eigenvalue weighted by atomic mass is 16.6. The van der Waals surface area contributed by atoms with Crippen LogP contribution in [0, 0.1) is 10.1 Å². The topological polar surface area (TPSA) is 75.6 Å². The van der Waals surface area contributed by atoms with E-state index >= 15 is 0 Å². The molecule has 6 nitrogen and oxygen atoms in total. The average Bonchev–Trinajstić information content (AvgIpc) is 2.46. The van der Waals surface area contributed by atoms with Crippen LogP contribution in [-0.2, 0) is 0 Å². The van der Waals surface area contributed by atoms with Crippen LogP contribution in [0.5, 0.6) is 0 Å². The molecule has 1 fully saturated rings. The van der Waals surface area contributed by atoms with Gasteiger partial charge in [0.05, 0.1) is 4.92 Å². The largest absolute Gasteiger partial charge is 0.363 e. The second-order valence-corrected chi connectivity index (χ2v) is 5.22. The molecule has 0 radical (unpaired) electrons. The molecule has 1 aliphatic rings. The van der Waals surface area contributed by atoms with Gasteiger partial charge < -0.3 is 10.6 Å². The maximum atomic E-state index is 11.1. The Morgan fingerprint density at radius 2 is 2.15 bits per heavy atom. The predicted molar refractivity (Wildman–Crippen MR) is 80.0 cm³/mol. The van der Waals surface area contributed by atoms with Crippen molar-refractivity contribution < 1.29 is 4.92 Å².